The van der Waals surface area contributed by atoms with E-state index >= 15 is 0 Å². The van der Waals surface area contributed by atoms with Gasteiger partial charge in [0, 0.05) is 16.5 Å². The number of halogens is 3. The number of carbonyl (C=O) groups excluding carboxylic acids is 1. The first-order valence-electron chi connectivity index (χ1n) is 5.71. The molecule has 0 heterocycles. The summed E-state index contributed by atoms with van der Waals surface area (Å²) in [5, 5.41) is 0.0382. The monoisotopic (exact) mass is 340 g/mol. The van der Waals surface area contributed by atoms with Gasteiger partial charge in [-0.15, -0.1) is 0 Å². The maximum absolute atomic E-state index is 13.1. The van der Waals surface area contributed by atoms with E-state index in [1.807, 2.05) is 19.1 Å². The van der Waals surface area contributed by atoms with Crippen LogP contribution in [0.2, 0.25) is 5.02 Å². The van der Waals surface area contributed by atoms with E-state index in [-0.39, 0.29) is 17.2 Å². The third-order valence-corrected chi connectivity index (χ3v) is 4.07. The van der Waals surface area contributed by atoms with Gasteiger partial charge in [-0.25, -0.2) is 4.39 Å². The van der Waals surface area contributed by atoms with E-state index in [4.69, 9.17) is 11.6 Å². The fourth-order valence-electron chi connectivity index (χ4n) is 1.84. The Bertz CT molecular complexity index is 640. The zero-order valence-electron chi connectivity index (χ0n) is 10.2. The quantitative estimate of drug-likeness (QED) is 0.720. The molecule has 0 radical (unpaired) electrons. The van der Waals surface area contributed by atoms with Crippen molar-refractivity contribution in [3.63, 3.8) is 0 Å². The van der Waals surface area contributed by atoms with Crippen LogP contribution in [0.5, 0.6) is 0 Å². The van der Waals surface area contributed by atoms with Gasteiger partial charge in [0.15, 0.2) is 5.78 Å². The average molecular weight is 342 g/mol. The van der Waals surface area contributed by atoms with Crippen molar-refractivity contribution in [1.29, 1.82) is 0 Å². The predicted molar refractivity (Wildman–Crippen MR) is 78.3 cm³/mol. The van der Waals surface area contributed by atoms with Gasteiger partial charge in [-0.2, -0.15) is 0 Å². The largest absolute Gasteiger partial charge is 0.294 e. The van der Waals surface area contributed by atoms with E-state index in [0.717, 1.165) is 10.0 Å². The highest BCUT2D eigenvalue weighted by atomic mass is 79.9. The van der Waals surface area contributed by atoms with Crippen molar-refractivity contribution < 1.29 is 9.18 Å². The number of hydrogen-bond donors (Lipinski definition) is 0. The molecule has 0 fully saturated rings. The Balaban J connectivity index is 2.26. The molecule has 0 aliphatic rings. The molecule has 0 saturated carbocycles. The maximum atomic E-state index is 13.1. The van der Waals surface area contributed by atoms with Crippen molar-refractivity contribution >= 4 is 33.3 Å². The molecule has 0 N–H and O–H groups in total. The molecule has 0 aliphatic heterocycles. The highest BCUT2D eigenvalue weighted by molar-refractivity contribution is 9.10. The summed E-state index contributed by atoms with van der Waals surface area (Å²) in [6.45, 7) is 1.88. The minimum absolute atomic E-state index is 0.0125. The Kier molecular flexibility index (Phi) is 4.38. The number of benzene rings is 2. The predicted octanol–water partition coefficient (Wildman–Crippen LogP) is 4.98. The lowest BCUT2D eigenvalue weighted by atomic mass is 9.99. The van der Waals surface area contributed by atoms with Crippen LogP contribution in [-0.4, -0.2) is 5.78 Å². The summed E-state index contributed by atoms with van der Waals surface area (Å²) in [7, 11) is 0. The number of ketones is 1. The average Bonchev–Trinajstić information content (AvgIpc) is 2.37. The zero-order chi connectivity index (χ0) is 14.0. The first-order valence-corrected chi connectivity index (χ1v) is 6.88. The highest BCUT2D eigenvalue weighted by Crippen LogP contribution is 2.22. The van der Waals surface area contributed by atoms with Crippen molar-refractivity contribution in [3.05, 3.63) is 68.4 Å². The van der Waals surface area contributed by atoms with E-state index < -0.39 is 5.82 Å². The van der Waals surface area contributed by atoms with Crippen LogP contribution in [0, 0.1) is 12.7 Å². The number of carbonyl (C=O) groups is 1. The molecule has 19 heavy (non-hydrogen) atoms. The fraction of sp³-hybridized carbons (Fsp3) is 0.133. The smallest absolute Gasteiger partial charge is 0.167 e. The van der Waals surface area contributed by atoms with E-state index in [1.54, 1.807) is 12.1 Å². The Morgan fingerprint density at radius 2 is 2.05 bits per heavy atom. The van der Waals surface area contributed by atoms with Crippen molar-refractivity contribution in [2.75, 3.05) is 0 Å². The molecule has 0 amide bonds. The van der Waals surface area contributed by atoms with Crippen LogP contribution in [0.15, 0.2) is 40.9 Å². The molecule has 0 aromatic heterocycles. The van der Waals surface area contributed by atoms with Crippen molar-refractivity contribution in [2.24, 2.45) is 0 Å². The summed E-state index contributed by atoms with van der Waals surface area (Å²) in [6, 6.07) is 9.84. The minimum atomic E-state index is -0.475. The second-order valence-corrected chi connectivity index (χ2v) is 5.52. The van der Waals surface area contributed by atoms with Crippen LogP contribution in [0.1, 0.15) is 21.5 Å². The van der Waals surface area contributed by atoms with Crippen molar-refractivity contribution in [3.8, 4) is 0 Å². The van der Waals surface area contributed by atoms with Gasteiger partial charge in [-0.05, 0) is 36.2 Å². The maximum Gasteiger partial charge on any atom is 0.167 e. The molecular formula is C15H11BrClFO. The lowest BCUT2D eigenvalue weighted by Gasteiger charge is -2.07. The van der Waals surface area contributed by atoms with Crippen LogP contribution in [0.3, 0.4) is 0 Å². The summed E-state index contributed by atoms with van der Waals surface area (Å²) in [5.74, 6) is -0.488. The van der Waals surface area contributed by atoms with Gasteiger partial charge < -0.3 is 0 Å². The molecule has 0 spiro atoms. The molecule has 1 nitrogen and oxygen atoms in total. The minimum Gasteiger partial charge on any atom is -0.294 e. The first-order chi connectivity index (χ1) is 8.99. The van der Waals surface area contributed by atoms with E-state index in [0.29, 0.717) is 11.1 Å². The molecule has 0 unspecified atom stereocenters. The Morgan fingerprint density at radius 3 is 2.74 bits per heavy atom. The van der Waals surface area contributed by atoms with Gasteiger partial charge in [0.1, 0.15) is 5.82 Å². The van der Waals surface area contributed by atoms with Gasteiger partial charge in [0.05, 0.1) is 5.02 Å². The molecule has 0 aliphatic carbocycles. The van der Waals surface area contributed by atoms with Gasteiger partial charge >= 0.3 is 0 Å². The molecule has 2 aromatic rings. The van der Waals surface area contributed by atoms with E-state index in [1.165, 1.54) is 12.1 Å². The van der Waals surface area contributed by atoms with Gasteiger partial charge in [0.2, 0.25) is 0 Å². The fourth-order valence-corrected chi connectivity index (χ4v) is 2.41. The highest BCUT2D eigenvalue weighted by Gasteiger charge is 2.12. The third kappa shape index (κ3) is 3.23. The lowest BCUT2D eigenvalue weighted by Crippen LogP contribution is -2.06. The first kappa shape index (κ1) is 14.2. The molecule has 0 atom stereocenters. The summed E-state index contributed by atoms with van der Waals surface area (Å²) in [6.07, 6.45) is 0.206. The Hall–Kier alpha value is -1.19. The summed E-state index contributed by atoms with van der Waals surface area (Å²) >= 11 is 9.10. The molecule has 98 valence electrons. The number of rotatable bonds is 3. The number of hydrogen-bond acceptors (Lipinski definition) is 1. The summed E-state index contributed by atoms with van der Waals surface area (Å²) in [5.41, 5.74) is 2.27. The Labute approximate surface area is 124 Å². The zero-order valence-corrected chi connectivity index (χ0v) is 12.6. The molecule has 0 saturated heterocycles. The van der Waals surface area contributed by atoms with Crippen LogP contribution in [-0.2, 0) is 6.42 Å². The van der Waals surface area contributed by atoms with Gasteiger partial charge in [-0.1, -0.05) is 45.7 Å². The van der Waals surface area contributed by atoms with Crippen molar-refractivity contribution in [1.82, 2.24) is 0 Å². The van der Waals surface area contributed by atoms with Crippen molar-refractivity contribution in [2.45, 2.75) is 13.3 Å². The van der Waals surface area contributed by atoms with Crippen LogP contribution < -0.4 is 0 Å². The summed E-state index contributed by atoms with van der Waals surface area (Å²) < 4.78 is 14.0. The normalized spacial score (nSPS) is 10.5. The topological polar surface area (TPSA) is 17.1 Å². The second-order valence-electron chi connectivity index (χ2n) is 4.26. The van der Waals surface area contributed by atoms with Crippen LogP contribution in [0.4, 0.5) is 4.39 Å². The van der Waals surface area contributed by atoms with E-state index in [9.17, 15) is 9.18 Å². The molecule has 2 rings (SSSR count). The van der Waals surface area contributed by atoms with Gasteiger partial charge in [0.25, 0.3) is 0 Å². The van der Waals surface area contributed by atoms with Crippen LogP contribution in [0.25, 0.3) is 0 Å². The van der Waals surface area contributed by atoms with Gasteiger partial charge in [-0.3, -0.25) is 4.79 Å². The van der Waals surface area contributed by atoms with Crippen LogP contribution >= 0.6 is 27.5 Å². The summed E-state index contributed by atoms with van der Waals surface area (Å²) in [4.78, 5) is 12.2. The number of Topliss-reactive ketones (excluding diaryl/α,β-unsaturated/α-hetero) is 1. The molecule has 2 aromatic carbocycles. The molecule has 4 heteroatoms. The third-order valence-electron chi connectivity index (χ3n) is 2.92. The standard InChI is InChI=1S/C15H11BrClFO/c1-9-11(3-2-4-12(9)16)15(19)8-10-5-6-14(18)13(17)7-10/h2-7H,8H2,1H3. The van der Waals surface area contributed by atoms with E-state index in [2.05, 4.69) is 15.9 Å². The second kappa shape index (κ2) is 5.85. The Morgan fingerprint density at radius 1 is 1.32 bits per heavy atom. The molecule has 0 bridgehead atoms. The lowest BCUT2D eigenvalue weighted by molar-refractivity contribution is 0.0992. The SMILES string of the molecule is Cc1c(Br)cccc1C(=O)Cc1ccc(F)c(Cl)c1. The molecular weight excluding hydrogens is 331 g/mol.